The highest BCUT2D eigenvalue weighted by Gasteiger charge is 2.27. The molecule has 0 aromatic carbocycles. The van der Waals surface area contributed by atoms with Crippen molar-refractivity contribution in [3.05, 3.63) is 57.3 Å². The maximum absolute atomic E-state index is 12.1. The SMILES string of the molecule is Cc1ccc(C2CSCCN2Cc2cc(=O)n3ccsc3n2)o1. The van der Waals surface area contributed by atoms with Gasteiger partial charge in [-0.25, -0.2) is 4.98 Å². The molecule has 1 aliphatic heterocycles. The van der Waals surface area contributed by atoms with E-state index in [1.54, 1.807) is 16.7 Å². The second-order valence-electron chi connectivity index (χ2n) is 5.65. The van der Waals surface area contributed by atoms with E-state index in [0.29, 0.717) is 6.54 Å². The van der Waals surface area contributed by atoms with E-state index in [9.17, 15) is 4.79 Å². The van der Waals surface area contributed by atoms with Crippen LogP contribution in [0.2, 0.25) is 0 Å². The Labute approximate surface area is 141 Å². The molecule has 0 saturated carbocycles. The van der Waals surface area contributed by atoms with Crippen LogP contribution in [0, 0.1) is 6.92 Å². The summed E-state index contributed by atoms with van der Waals surface area (Å²) in [5.41, 5.74) is 0.820. The molecule has 0 aliphatic carbocycles. The molecule has 1 unspecified atom stereocenters. The van der Waals surface area contributed by atoms with Gasteiger partial charge in [-0.2, -0.15) is 11.8 Å². The van der Waals surface area contributed by atoms with Crippen LogP contribution in [0.1, 0.15) is 23.3 Å². The second kappa shape index (κ2) is 6.14. The zero-order valence-corrected chi connectivity index (χ0v) is 14.4. The first kappa shape index (κ1) is 15.0. The lowest BCUT2D eigenvalue weighted by molar-refractivity contribution is 0.185. The average molecular weight is 347 g/mol. The van der Waals surface area contributed by atoms with E-state index in [2.05, 4.69) is 16.0 Å². The van der Waals surface area contributed by atoms with Crippen LogP contribution >= 0.6 is 23.1 Å². The first-order chi connectivity index (χ1) is 11.2. The third-order valence-electron chi connectivity index (χ3n) is 4.05. The van der Waals surface area contributed by atoms with Crippen molar-refractivity contribution < 1.29 is 4.42 Å². The number of hydrogen-bond acceptors (Lipinski definition) is 6. The number of nitrogens with zero attached hydrogens (tertiary/aromatic N) is 3. The summed E-state index contributed by atoms with van der Waals surface area (Å²) in [6.07, 6.45) is 1.77. The Balaban J connectivity index is 1.63. The predicted molar refractivity (Wildman–Crippen MR) is 93.3 cm³/mol. The summed E-state index contributed by atoms with van der Waals surface area (Å²) in [5.74, 6) is 4.04. The summed E-state index contributed by atoms with van der Waals surface area (Å²) >= 11 is 3.43. The third-order valence-corrected chi connectivity index (χ3v) is 5.83. The highest BCUT2D eigenvalue weighted by Crippen LogP contribution is 2.31. The average Bonchev–Trinajstić information content (AvgIpc) is 3.17. The molecule has 120 valence electrons. The number of aryl methyl sites for hydroxylation is 1. The maximum atomic E-state index is 12.1. The van der Waals surface area contributed by atoms with Gasteiger partial charge in [0.15, 0.2) is 4.96 Å². The summed E-state index contributed by atoms with van der Waals surface area (Å²) < 4.78 is 7.42. The Morgan fingerprint density at radius 1 is 1.43 bits per heavy atom. The van der Waals surface area contributed by atoms with Gasteiger partial charge in [0.25, 0.3) is 5.56 Å². The number of rotatable bonds is 3. The fraction of sp³-hybridized carbons (Fsp3) is 0.375. The number of thiazole rings is 1. The summed E-state index contributed by atoms with van der Waals surface area (Å²) in [6, 6.07) is 5.95. The van der Waals surface area contributed by atoms with Gasteiger partial charge in [-0.3, -0.25) is 14.1 Å². The molecule has 3 aromatic heterocycles. The lowest BCUT2D eigenvalue weighted by Gasteiger charge is -2.33. The van der Waals surface area contributed by atoms with E-state index < -0.39 is 0 Å². The summed E-state index contributed by atoms with van der Waals surface area (Å²) in [4.78, 5) is 19.9. The Kier molecular flexibility index (Phi) is 4.00. The smallest absolute Gasteiger partial charge is 0.258 e. The normalized spacial score (nSPS) is 19.4. The molecule has 1 aliphatic rings. The maximum Gasteiger partial charge on any atom is 0.258 e. The molecule has 0 bridgehead atoms. The van der Waals surface area contributed by atoms with Crippen LogP contribution in [-0.4, -0.2) is 32.3 Å². The van der Waals surface area contributed by atoms with Crippen molar-refractivity contribution in [3.8, 4) is 0 Å². The van der Waals surface area contributed by atoms with Crippen LogP contribution in [0.5, 0.6) is 0 Å². The predicted octanol–water partition coefficient (Wildman–Crippen LogP) is 2.95. The van der Waals surface area contributed by atoms with Crippen molar-refractivity contribution in [3.63, 3.8) is 0 Å². The van der Waals surface area contributed by atoms with Crippen molar-refractivity contribution >= 4 is 28.1 Å². The van der Waals surface area contributed by atoms with Crippen LogP contribution in [0.4, 0.5) is 0 Å². The molecule has 0 amide bonds. The van der Waals surface area contributed by atoms with Crippen molar-refractivity contribution in [1.82, 2.24) is 14.3 Å². The van der Waals surface area contributed by atoms with Crippen LogP contribution in [-0.2, 0) is 6.54 Å². The largest absolute Gasteiger partial charge is 0.465 e. The quantitative estimate of drug-likeness (QED) is 0.729. The van der Waals surface area contributed by atoms with Gasteiger partial charge in [0.1, 0.15) is 11.5 Å². The van der Waals surface area contributed by atoms with Gasteiger partial charge >= 0.3 is 0 Å². The number of aromatic nitrogens is 2. The molecule has 23 heavy (non-hydrogen) atoms. The van der Waals surface area contributed by atoms with E-state index in [1.165, 1.54) is 11.3 Å². The summed E-state index contributed by atoms with van der Waals surface area (Å²) in [7, 11) is 0. The molecule has 4 heterocycles. The lowest BCUT2D eigenvalue weighted by Crippen LogP contribution is -2.36. The minimum Gasteiger partial charge on any atom is -0.465 e. The van der Waals surface area contributed by atoms with Crippen LogP contribution in [0.25, 0.3) is 4.96 Å². The topological polar surface area (TPSA) is 50.8 Å². The molecule has 0 N–H and O–H groups in total. The van der Waals surface area contributed by atoms with Gasteiger partial charge in [-0.15, -0.1) is 11.3 Å². The molecule has 1 saturated heterocycles. The molecule has 1 atom stereocenters. The number of furan rings is 1. The van der Waals surface area contributed by atoms with E-state index in [-0.39, 0.29) is 11.6 Å². The third kappa shape index (κ3) is 2.96. The zero-order chi connectivity index (χ0) is 15.8. The van der Waals surface area contributed by atoms with Crippen molar-refractivity contribution in [2.24, 2.45) is 0 Å². The molecule has 7 heteroatoms. The monoisotopic (exact) mass is 347 g/mol. The fourth-order valence-corrected chi connectivity index (χ4v) is 4.77. The number of thioether (sulfide) groups is 1. The Morgan fingerprint density at radius 3 is 3.17 bits per heavy atom. The first-order valence-corrected chi connectivity index (χ1v) is 9.58. The molecule has 5 nitrogen and oxygen atoms in total. The standard InChI is InChI=1S/C16H17N3O2S2/c1-11-2-3-14(21-11)13-10-22-6-4-18(13)9-12-8-15(20)19-5-7-23-16(19)17-12/h2-3,5,7-8,13H,4,6,9-10H2,1H3. The van der Waals surface area contributed by atoms with E-state index in [0.717, 1.165) is 40.2 Å². The Bertz CT molecular complexity index is 883. The van der Waals surface area contributed by atoms with Gasteiger partial charge in [0.2, 0.25) is 0 Å². The highest BCUT2D eigenvalue weighted by molar-refractivity contribution is 7.99. The lowest BCUT2D eigenvalue weighted by atomic mass is 10.2. The summed E-state index contributed by atoms with van der Waals surface area (Å²) in [5, 5.41) is 1.89. The minimum atomic E-state index is -0.0111. The molecule has 3 aromatic rings. The van der Waals surface area contributed by atoms with Crippen molar-refractivity contribution in [1.29, 1.82) is 0 Å². The van der Waals surface area contributed by atoms with Crippen LogP contribution in [0.3, 0.4) is 0 Å². The molecular formula is C16H17N3O2S2. The second-order valence-corrected chi connectivity index (χ2v) is 7.67. The number of hydrogen-bond donors (Lipinski definition) is 0. The Hall–Kier alpha value is -1.57. The fourth-order valence-electron chi connectivity index (χ4n) is 2.90. The first-order valence-electron chi connectivity index (χ1n) is 7.54. The van der Waals surface area contributed by atoms with Crippen LogP contribution in [0.15, 0.2) is 39.0 Å². The highest BCUT2D eigenvalue weighted by atomic mass is 32.2. The molecule has 1 fully saturated rings. The van der Waals surface area contributed by atoms with Crippen molar-refractivity contribution in [2.75, 3.05) is 18.1 Å². The van der Waals surface area contributed by atoms with E-state index in [4.69, 9.17) is 4.42 Å². The van der Waals surface area contributed by atoms with E-state index in [1.807, 2.05) is 30.1 Å². The molecular weight excluding hydrogens is 330 g/mol. The van der Waals surface area contributed by atoms with Crippen LogP contribution < -0.4 is 5.56 Å². The Morgan fingerprint density at radius 2 is 2.35 bits per heavy atom. The van der Waals surface area contributed by atoms with Gasteiger partial charge < -0.3 is 4.42 Å². The zero-order valence-electron chi connectivity index (χ0n) is 12.8. The molecule has 0 radical (unpaired) electrons. The van der Waals surface area contributed by atoms with E-state index >= 15 is 0 Å². The van der Waals surface area contributed by atoms with Crippen molar-refractivity contribution in [2.45, 2.75) is 19.5 Å². The van der Waals surface area contributed by atoms with Gasteiger partial charge in [-0.1, -0.05) is 0 Å². The summed E-state index contributed by atoms with van der Waals surface area (Å²) in [6.45, 7) is 3.62. The van der Waals surface area contributed by atoms with Gasteiger partial charge in [0.05, 0.1) is 11.7 Å². The number of fused-ring (bicyclic) bond motifs is 1. The van der Waals surface area contributed by atoms with Gasteiger partial charge in [0, 0.05) is 42.2 Å². The minimum absolute atomic E-state index is 0.0111. The molecule has 0 spiro atoms. The molecule has 4 rings (SSSR count). The van der Waals surface area contributed by atoms with Gasteiger partial charge in [-0.05, 0) is 19.1 Å².